The second-order valence-electron chi connectivity index (χ2n) is 3.43. The molecule has 0 saturated heterocycles. The van der Waals surface area contributed by atoms with E-state index in [0.29, 0.717) is 6.42 Å². The molecule has 1 aliphatic heterocycles. The minimum absolute atomic E-state index is 0.147. The van der Waals surface area contributed by atoms with Gasteiger partial charge in [-0.15, -0.1) is 0 Å². The zero-order chi connectivity index (χ0) is 9.14. The molecule has 0 saturated carbocycles. The lowest BCUT2D eigenvalue weighted by molar-refractivity contribution is -0.130. The molecule has 0 atom stereocenters. The Morgan fingerprint density at radius 3 is 2.67 bits per heavy atom. The van der Waals surface area contributed by atoms with E-state index in [4.69, 9.17) is 0 Å². The van der Waals surface area contributed by atoms with E-state index in [9.17, 15) is 4.79 Å². The third-order valence-electron chi connectivity index (χ3n) is 1.89. The first-order chi connectivity index (χ1) is 5.65. The maximum absolute atomic E-state index is 11.3. The lowest BCUT2D eigenvalue weighted by atomic mass is 10.2. The number of nitrogens with zero attached hydrogens (tertiary/aromatic N) is 2. The van der Waals surface area contributed by atoms with Gasteiger partial charge in [-0.2, -0.15) is 5.10 Å². The molecule has 0 radical (unpaired) electrons. The molecule has 1 amide bonds. The van der Waals surface area contributed by atoms with Crippen molar-refractivity contribution in [3.63, 3.8) is 0 Å². The standard InChI is InChI=1S/C9H16N2O/c1-4-5-8-6-9(12)11(10-8)7(2)3/h7H,4-6H2,1-3H3. The van der Waals surface area contributed by atoms with Crippen LogP contribution in [0.4, 0.5) is 0 Å². The molecule has 0 fully saturated rings. The van der Waals surface area contributed by atoms with Crippen molar-refractivity contribution in [3.8, 4) is 0 Å². The summed E-state index contributed by atoms with van der Waals surface area (Å²) in [6.07, 6.45) is 2.55. The van der Waals surface area contributed by atoms with Gasteiger partial charge in [-0.05, 0) is 20.3 Å². The van der Waals surface area contributed by atoms with E-state index in [1.165, 1.54) is 0 Å². The van der Waals surface area contributed by atoms with Gasteiger partial charge < -0.3 is 0 Å². The summed E-state index contributed by atoms with van der Waals surface area (Å²) in [5, 5.41) is 5.85. The first-order valence-corrected chi connectivity index (χ1v) is 4.53. The molecule has 0 aromatic heterocycles. The van der Waals surface area contributed by atoms with Gasteiger partial charge in [0.1, 0.15) is 0 Å². The normalized spacial score (nSPS) is 17.5. The summed E-state index contributed by atoms with van der Waals surface area (Å²) in [4.78, 5) is 11.3. The Balaban J connectivity index is 2.60. The Hall–Kier alpha value is -0.860. The van der Waals surface area contributed by atoms with Crippen molar-refractivity contribution < 1.29 is 4.79 Å². The number of rotatable bonds is 3. The van der Waals surface area contributed by atoms with Gasteiger partial charge in [0.25, 0.3) is 0 Å². The predicted molar refractivity (Wildman–Crippen MR) is 48.9 cm³/mol. The number of carbonyl (C=O) groups excluding carboxylic acids is 1. The van der Waals surface area contributed by atoms with Gasteiger partial charge in [0.05, 0.1) is 6.42 Å². The van der Waals surface area contributed by atoms with Crippen LogP contribution in [0.15, 0.2) is 5.10 Å². The van der Waals surface area contributed by atoms with Gasteiger partial charge >= 0.3 is 0 Å². The Labute approximate surface area is 73.4 Å². The van der Waals surface area contributed by atoms with Crippen molar-refractivity contribution >= 4 is 11.6 Å². The minimum Gasteiger partial charge on any atom is -0.273 e. The first-order valence-electron chi connectivity index (χ1n) is 4.53. The van der Waals surface area contributed by atoms with Gasteiger partial charge in [-0.1, -0.05) is 13.3 Å². The number of amides is 1. The predicted octanol–water partition coefficient (Wildman–Crippen LogP) is 1.78. The van der Waals surface area contributed by atoms with E-state index < -0.39 is 0 Å². The molecule has 0 bridgehead atoms. The van der Waals surface area contributed by atoms with Crippen LogP contribution in [-0.2, 0) is 4.79 Å². The smallest absolute Gasteiger partial charge is 0.248 e. The summed E-state index contributed by atoms with van der Waals surface area (Å²) in [5.41, 5.74) is 1.04. The topological polar surface area (TPSA) is 32.7 Å². The molecule has 1 rings (SSSR count). The third-order valence-corrected chi connectivity index (χ3v) is 1.89. The zero-order valence-corrected chi connectivity index (χ0v) is 8.00. The van der Waals surface area contributed by atoms with Gasteiger partial charge in [-0.25, -0.2) is 5.01 Å². The van der Waals surface area contributed by atoms with Crippen LogP contribution in [0.3, 0.4) is 0 Å². The Morgan fingerprint density at radius 2 is 2.25 bits per heavy atom. The van der Waals surface area contributed by atoms with Crippen LogP contribution in [0.5, 0.6) is 0 Å². The number of carbonyl (C=O) groups is 1. The van der Waals surface area contributed by atoms with Crippen LogP contribution < -0.4 is 0 Å². The van der Waals surface area contributed by atoms with Gasteiger partial charge in [0, 0.05) is 11.8 Å². The van der Waals surface area contributed by atoms with Crippen molar-refractivity contribution in [1.29, 1.82) is 0 Å². The highest BCUT2D eigenvalue weighted by Crippen LogP contribution is 2.14. The molecule has 1 aliphatic rings. The number of hydrogen-bond acceptors (Lipinski definition) is 2. The monoisotopic (exact) mass is 168 g/mol. The molecule has 68 valence electrons. The van der Waals surface area contributed by atoms with Crippen LogP contribution in [0.1, 0.15) is 40.0 Å². The molecule has 0 spiro atoms. The summed E-state index contributed by atoms with van der Waals surface area (Å²) in [5.74, 6) is 0.147. The van der Waals surface area contributed by atoms with E-state index in [0.717, 1.165) is 18.6 Å². The van der Waals surface area contributed by atoms with Crippen molar-refractivity contribution in [2.24, 2.45) is 5.10 Å². The highest BCUT2D eigenvalue weighted by molar-refractivity contribution is 6.04. The summed E-state index contributed by atoms with van der Waals surface area (Å²) in [6.45, 7) is 6.07. The fraction of sp³-hybridized carbons (Fsp3) is 0.778. The van der Waals surface area contributed by atoms with E-state index in [1.54, 1.807) is 5.01 Å². The third kappa shape index (κ3) is 1.84. The van der Waals surface area contributed by atoms with Crippen molar-refractivity contribution in [3.05, 3.63) is 0 Å². The summed E-state index contributed by atoms with van der Waals surface area (Å²) in [6, 6.07) is 0.201. The van der Waals surface area contributed by atoms with Gasteiger partial charge in [0.2, 0.25) is 5.91 Å². The average Bonchev–Trinajstić information content (AvgIpc) is 2.32. The van der Waals surface area contributed by atoms with E-state index in [1.807, 2.05) is 13.8 Å². The maximum Gasteiger partial charge on any atom is 0.248 e. The van der Waals surface area contributed by atoms with Crippen molar-refractivity contribution in [1.82, 2.24) is 5.01 Å². The molecular formula is C9H16N2O. The second kappa shape index (κ2) is 3.70. The molecule has 0 aliphatic carbocycles. The SMILES string of the molecule is CCCC1=NN(C(C)C)C(=O)C1. The van der Waals surface area contributed by atoms with Crippen LogP contribution in [0.25, 0.3) is 0 Å². The molecule has 3 nitrogen and oxygen atoms in total. The fourth-order valence-electron chi connectivity index (χ4n) is 1.33. The molecule has 0 aromatic rings. The van der Waals surface area contributed by atoms with Crippen LogP contribution in [0, 0.1) is 0 Å². The molecular weight excluding hydrogens is 152 g/mol. The molecule has 0 aromatic carbocycles. The summed E-state index contributed by atoms with van der Waals surface area (Å²) < 4.78 is 0. The molecule has 0 unspecified atom stereocenters. The van der Waals surface area contributed by atoms with Crippen molar-refractivity contribution in [2.75, 3.05) is 0 Å². The van der Waals surface area contributed by atoms with Gasteiger partial charge in [0.15, 0.2) is 0 Å². The van der Waals surface area contributed by atoms with Crippen LogP contribution in [-0.4, -0.2) is 22.7 Å². The Bertz CT molecular complexity index is 209. The Morgan fingerprint density at radius 1 is 1.58 bits per heavy atom. The second-order valence-corrected chi connectivity index (χ2v) is 3.43. The molecule has 12 heavy (non-hydrogen) atoms. The van der Waals surface area contributed by atoms with Crippen LogP contribution in [0.2, 0.25) is 0 Å². The molecule has 3 heteroatoms. The number of hydrogen-bond donors (Lipinski definition) is 0. The lowest BCUT2D eigenvalue weighted by Crippen LogP contribution is -2.27. The summed E-state index contributed by atoms with van der Waals surface area (Å²) in [7, 11) is 0. The lowest BCUT2D eigenvalue weighted by Gasteiger charge is -2.15. The van der Waals surface area contributed by atoms with E-state index in [-0.39, 0.29) is 11.9 Å². The maximum atomic E-state index is 11.3. The molecule has 0 N–H and O–H groups in total. The quantitative estimate of drug-likeness (QED) is 0.632. The largest absolute Gasteiger partial charge is 0.273 e. The van der Waals surface area contributed by atoms with Crippen molar-refractivity contribution in [2.45, 2.75) is 46.1 Å². The minimum atomic E-state index is 0.147. The number of hydrazone groups is 1. The first kappa shape index (κ1) is 9.23. The highest BCUT2D eigenvalue weighted by atomic mass is 16.2. The summed E-state index contributed by atoms with van der Waals surface area (Å²) >= 11 is 0. The highest BCUT2D eigenvalue weighted by Gasteiger charge is 2.24. The average molecular weight is 168 g/mol. The fourth-order valence-corrected chi connectivity index (χ4v) is 1.33. The van der Waals surface area contributed by atoms with E-state index in [2.05, 4.69) is 12.0 Å². The zero-order valence-electron chi connectivity index (χ0n) is 8.00. The molecule has 1 heterocycles. The van der Waals surface area contributed by atoms with E-state index >= 15 is 0 Å². The van der Waals surface area contributed by atoms with Gasteiger partial charge in [-0.3, -0.25) is 4.79 Å². The Kier molecular flexibility index (Phi) is 2.84. The van der Waals surface area contributed by atoms with Crippen LogP contribution >= 0.6 is 0 Å².